The molecule has 0 spiro atoms. The van der Waals surface area contributed by atoms with Gasteiger partial charge >= 0.3 is 0 Å². The largest absolute Gasteiger partial charge is 0.459 e. The van der Waals surface area contributed by atoms with E-state index in [2.05, 4.69) is 6.26 Å². The number of carbonyl (C=O) groups excluding carboxylic acids is 1. The Kier molecular flexibility index (Phi) is 2.82. The van der Waals surface area contributed by atoms with Crippen LogP contribution in [-0.4, -0.2) is 35.4 Å². The minimum absolute atomic E-state index is 0.0200. The highest BCUT2D eigenvalue weighted by atomic mass is 32.2. The molecule has 1 aliphatic heterocycles. The molecule has 4 heteroatoms. The second-order valence-corrected chi connectivity index (χ2v) is 4.51. The molecule has 1 aliphatic rings. The molecule has 0 N–H and O–H groups in total. The maximum atomic E-state index is 11.8. The van der Waals surface area contributed by atoms with Crippen molar-refractivity contribution in [2.75, 3.05) is 19.3 Å². The van der Waals surface area contributed by atoms with Crippen LogP contribution in [0.3, 0.4) is 0 Å². The van der Waals surface area contributed by atoms with Crippen LogP contribution in [-0.2, 0) is 0 Å². The Morgan fingerprint density at radius 1 is 1.71 bits per heavy atom. The number of thioether (sulfide) groups is 1. The number of amides is 1. The number of rotatable bonds is 2. The van der Waals surface area contributed by atoms with Crippen LogP contribution in [0.25, 0.3) is 0 Å². The summed E-state index contributed by atoms with van der Waals surface area (Å²) in [6.45, 7) is 1.70. The summed E-state index contributed by atoms with van der Waals surface area (Å²) in [5, 5.41) is 0.592. The second kappa shape index (κ2) is 4.09. The molecule has 0 aromatic carbocycles. The molecule has 1 fully saturated rings. The molecule has 2 heterocycles. The molecule has 0 radical (unpaired) electrons. The molecule has 0 aliphatic carbocycles. The van der Waals surface area contributed by atoms with E-state index < -0.39 is 0 Å². The zero-order valence-electron chi connectivity index (χ0n) is 8.10. The van der Waals surface area contributed by atoms with Gasteiger partial charge in [-0.1, -0.05) is 0 Å². The first kappa shape index (κ1) is 9.65. The van der Waals surface area contributed by atoms with Gasteiger partial charge in [-0.25, -0.2) is 0 Å². The molecule has 3 nitrogen and oxygen atoms in total. The van der Waals surface area contributed by atoms with E-state index in [4.69, 9.17) is 4.42 Å². The molecule has 0 saturated carbocycles. The van der Waals surface area contributed by atoms with Gasteiger partial charge in [0.2, 0.25) is 0 Å². The van der Waals surface area contributed by atoms with Crippen molar-refractivity contribution in [3.8, 4) is 0 Å². The monoisotopic (exact) mass is 211 g/mol. The fourth-order valence-corrected chi connectivity index (χ4v) is 2.33. The Labute approximate surface area is 87.5 Å². The number of hydrogen-bond donors (Lipinski definition) is 0. The van der Waals surface area contributed by atoms with Crippen LogP contribution in [0.15, 0.2) is 22.8 Å². The number of furan rings is 1. The fraction of sp³-hybridized carbons (Fsp3) is 0.500. The molecule has 76 valence electrons. The highest BCUT2D eigenvalue weighted by molar-refractivity contribution is 7.99. The van der Waals surface area contributed by atoms with Gasteiger partial charge in [0, 0.05) is 18.3 Å². The zero-order chi connectivity index (χ0) is 9.97. The third-order valence-corrected chi connectivity index (χ3v) is 3.55. The van der Waals surface area contributed by atoms with Crippen LogP contribution >= 0.6 is 11.8 Å². The average Bonchev–Trinajstić information content (AvgIpc) is 2.88. The molecule has 1 saturated heterocycles. The molecular formula is C10H13NO2S. The summed E-state index contributed by atoms with van der Waals surface area (Å²) in [4.78, 5) is 13.7. The molecular weight excluding hydrogens is 198 g/mol. The van der Waals surface area contributed by atoms with Crippen LogP contribution in [0.1, 0.15) is 17.0 Å². The predicted molar refractivity (Wildman–Crippen MR) is 56.5 cm³/mol. The lowest BCUT2D eigenvalue weighted by atomic mass is 10.4. The van der Waals surface area contributed by atoms with E-state index in [0.29, 0.717) is 11.0 Å². The normalized spacial score (nSPS) is 21.5. The molecule has 1 aromatic heterocycles. The van der Waals surface area contributed by atoms with Crippen molar-refractivity contribution in [2.24, 2.45) is 0 Å². The molecule has 1 amide bonds. The molecule has 0 unspecified atom stereocenters. The van der Waals surface area contributed by atoms with Crippen molar-refractivity contribution in [3.05, 3.63) is 24.2 Å². The van der Waals surface area contributed by atoms with Crippen LogP contribution in [0.2, 0.25) is 0 Å². The minimum atomic E-state index is 0.0200. The van der Waals surface area contributed by atoms with Gasteiger partial charge in [-0.05, 0) is 24.8 Å². The third-order valence-electron chi connectivity index (χ3n) is 2.50. The van der Waals surface area contributed by atoms with Gasteiger partial charge in [-0.3, -0.25) is 4.79 Å². The van der Waals surface area contributed by atoms with E-state index in [1.165, 1.54) is 6.26 Å². The maximum Gasteiger partial charge on any atom is 0.289 e. The van der Waals surface area contributed by atoms with E-state index in [9.17, 15) is 4.79 Å². The number of carbonyl (C=O) groups is 1. The number of hydrogen-bond acceptors (Lipinski definition) is 3. The number of likely N-dealkylation sites (tertiary alicyclic amines) is 1. The smallest absolute Gasteiger partial charge is 0.289 e. The van der Waals surface area contributed by atoms with Crippen molar-refractivity contribution >= 4 is 17.7 Å². The van der Waals surface area contributed by atoms with Crippen molar-refractivity contribution in [1.82, 2.24) is 4.90 Å². The third kappa shape index (κ3) is 1.80. The van der Waals surface area contributed by atoms with Crippen LogP contribution in [0.5, 0.6) is 0 Å². The Morgan fingerprint density at radius 2 is 2.57 bits per heavy atom. The molecule has 1 aromatic rings. The SMILES string of the molecule is CS[C@@H]1CCN(C(=O)c2ccco2)C1. The van der Waals surface area contributed by atoms with Crippen molar-refractivity contribution in [1.29, 1.82) is 0 Å². The quantitative estimate of drug-likeness (QED) is 0.748. The van der Waals surface area contributed by atoms with E-state index in [1.807, 2.05) is 16.7 Å². The van der Waals surface area contributed by atoms with Crippen molar-refractivity contribution in [3.63, 3.8) is 0 Å². The van der Waals surface area contributed by atoms with Crippen LogP contribution in [0, 0.1) is 0 Å². The highest BCUT2D eigenvalue weighted by Crippen LogP contribution is 2.21. The molecule has 0 bridgehead atoms. The maximum absolute atomic E-state index is 11.8. The van der Waals surface area contributed by atoms with Gasteiger partial charge in [0.25, 0.3) is 5.91 Å². The standard InChI is InChI=1S/C10H13NO2S/c1-14-8-4-5-11(7-8)10(12)9-3-2-6-13-9/h2-3,6,8H,4-5,7H2,1H3/t8-/m1/s1. The first-order valence-corrected chi connectivity index (χ1v) is 5.95. The fourth-order valence-electron chi connectivity index (χ4n) is 1.66. The van der Waals surface area contributed by atoms with E-state index in [-0.39, 0.29) is 5.91 Å². The Hall–Kier alpha value is -0.900. The Balaban J connectivity index is 2.00. The lowest BCUT2D eigenvalue weighted by molar-refractivity contribution is 0.0762. The van der Waals surface area contributed by atoms with E-state index in [0.717, 1.165) is 19.5 Å². The van der Waals surface area contributed by atoms with Crippen molar-refractivity contribution in [2.45, 2.75) is 11.7 Å². The molecule has 1 atom stereocenters. The minimum Gasteiger partial charge on any atom is -0.459 e. The summed E-state index contributed by atoms with van der Waals surface area (Å²) in [5.74, 6) is 0.471. The van der Waals surface area contributed by atoms with E-state index in [1.54, 1.807) is 12.1 Å². The highest BCUT2D eigenvalue weighted by Gasteiger charge is 2.27. The average molecular weight is 211 g/mol. The second-order valence-electron chi connectivity index (χ2n) is 3.37. The first-order valence-electron chi connectivity index (χ1n) is 4.67. The summed E-state index contributed by atoms with van der Waals surface area (Å²) in [7, 11) is 0. The summed E-state index contributed by atoms with van der Waals surface area (Å²) in [5.41, 5.74) is 0. The van der Waals surface area contributed by atoms with Gasteiger partial charge in [-0.2, -0.15) is 11.8 Å². The number of nitrogens with zero attached hydrogens (tertiary/aromatic N) is 1. The van der Waals surface area contributed by atoms with Gasteiger partial charge in [-0.15, -0.1) is 0 Å². The molecule has 2 rings (SSSR count). The topological polar surface area (TPSA) is 33.5 Å². The van der Waals surface area contributed by atoms with Crippen LogP contribution in [0.4, 0.5) is 0 Å². The van der Waals surface area contributed by atoms with Gasteiger partial charge in [0.05, 0.1) is 6.26 Å². The summed E-state index contributed by atoms with van der Waals surface area (Å²) in [6, 6.07) is 3.46. The Morgan fingerprint density at radius 3 is 3.14 bits per heavy atom. The lowest BCUT2D eigenvalue weighted by Gasteiger charge is -2.13. The summed E-state index contributed by atoms with van der Waals surface area (Å²) < 4.78 is 5.08. The van der Waals surface area contributed by atoms with Crippen LogP contribution < -0.4 is 0 Å². The summed E-state index contributed by atoms with van der Waals surface area (Å²) in [6.07, 6.45) is 4.72. The lowest BCUT2D eigenvalue weighted by Crippen LogP contribution is -2.28. The van der Waals surface area contributed by atoms with E-state index >= 15 is 0 Å². The molecule has 14 heavy (non-hydrogen) atoms. The first-order chi connectivity index (χ1) is 6.81. The Bertz CT molecular complexity index is 310. The van der Waals surface area contributed by atoms with Crippen molar-refractivity contribution < 1.29 is 9.21 Å². The van der Waals surface area contributed by atoms with Gasteiger partial charge in [0.1, 0.15) is 0 Å². The predicted octanol–water partition coefficient (Wildman–Crippen LogP) is 1.86. The zero-order valence-corrected chi connectivity index (χ0v) is 8.92. The van der Waals surface area contributed by atoms with Gasteiger partial charge < -0.3 is 9.32 Å². The van der Waals surface area contributed by atoms with Gasteiger partial charge in [0.15, 0.2) is 5.76 Å². The summed E-state index contributed by atoms with van der Waals surface area (Å²) >= 11 is 1.83.